The van der Waals surface area contributed by atoms with Crippen LogP contribution in [0.1, 0.15) is 21.6 Å². The van der Waals surface area contributed by atoms with Crippen LogP contribution in [0.2, 0.25) is 0 Å². The number of hydrogen-bond donors (Lipinski definition) is 0. The normalized spacial score (nSPS) is 10.4. The molecule has 0 saturated carbocycles. The molecule has 0 aliphatic carbocycles. The molecule has 18 heavy (non-hydrogen) atoms. The van der Waals surface area contributed by atoms with Gasteiger partial charge in [-0.3, -0.25) is 4.79 Å². The molecule has 1 heterocycles. The van der Waals surface area contributed by atoms with E-state index in [1.165, 1.54) is 4.68 Å². The SMILES string of the molecule is COc1cc(C)ccc1C(=O)c1c(Br)nnn1C. The third kappa shape index (κ3) is 2.15. The summed E-state index contributed by atoms with van der Waals surface area (Å²) in [7, 11) is 3.22. The van der Waals surface area contributed by atoms with Gasteiger partial charge in [-0.1, -0.05) is 11.3 Å². The number of rotatable bonds is 3. The fourth-order valence-electron chi connectivity index (χ4n) is 1.69. The minimum atomic E-state index is -0.175. The second-order valence-electron chi connectivity index (χ2n) is 3.89. The zero-order chi connectivity index (χ0) is 13.3. The average molecular weight is 310 g/mol. The molecule has 2 aromatic rings. The van der Waals surface area contributed by atoms with Gasteiger partial charge in [-0.05, 0) is 40.5 Å². The Hall–Kier alpha value is -1.69. The lowest BCUT2D eigenvalue weighted by atomic mass is 10.1. The van der Waals surface area contributed by atoms with Crippen LogP contribution in [-0.2, 0) is 7.05 Å². The lowest BCUT2D eigenvalue weighted by molar-refractivity contribution is 0.102. The summed E-state index contributed by atoms with van der Waals surface area (Å²) in [5.41, 5.74) is 1.93. The summed E-state index contributed by atoms with van der Waals surface area (Å²) in [6, 6.07) is 5.44. The van der Waals surface area contributed by atoms with Gasteiger partial charge >= 0.3 is 0 Å². The molecular weight excluding hydrogens is 298 g/mol. The number of hydrogen-bond acceptors (Lipinski definition) is 4. The van der Waals surface area contributed by atoms with Crippen molar-refractivity contribution in [2.24, 2.45) is 7.05 Å². The van der Waals surface area contributed by atoms with E-state index in [0.717, 1.165) is 5.56 Å². The third-order valence-corrected chi connectivity index (χ3v) is 3.14. The van der Waals surface area contributed by atoms with Gasteiger partial charge in [-0.15, -0.1) is 5.10 Å². The zero-order valence-corrected chi connectivity index (χ0v) is 11.9. The van der Waals surface area contributed by atoms with E-state index in [4.69, 9.17) is 4.74 Å². The molecule has 0 aliphatic rings. The molecular formula is C12H12BrN3O2. The monoisotopic (exact) mass is 309 g/mol. The maximum atomic E-state index is 12.4. The highest BCUT2D eigenvalue weighted by atomic mass is 79.9. The fourth-order valence-corrected chi connectivity index (χ4v) is 2.19. The molecule has 0 bridgehead atoms. The Morgan fingerprint density at radius 1 is 1.44 bits per heavy atom. The molecule has 2 rings (SSSR count). The number of carbonyl (C=O) groups excluding carboxylic acids is 1. The lowest BCUT2D eigenvalue weighted by Crippen LogP contribution is -2.10. The molecule has 0 aliphatic heterocycles. The van der Waals surface area contributed by atoms with Crippen LogP contribution < -0.4 is 4.74 Å². The standard InChI is InChI=1S/C12H12BrN3O2/c1-7-4-5-8(9(6-7)18-3)11(17)10-12(13)14-15-16(10)2/h4-6H,1-3H3. The van der Waals surface area contributed by atoms with Crippen LogP contribution in [0.4, 0.5) is 0 Å². The van der Waals surface area contributed by atoms with Crippen LogP contribution in [0.5, 0.6) is 5.75 Å². The first-order chi connectivity index (χ1) is 8.54. The van der Waals surface area contributed by atoms with E-state index in [0.29, 0.717) is 21.6 Å². The molecule has 94 valence electrons. The summed E-state index contributed by atoms with van der Waals surface area (Å²) in [5.74, 6) is 0.374. The predicted molar refractivity (Wildman–Crippen MR) is 69.9 cm³/mol. The Bertz CT molecular complexity index is 588. The first kappa shape index (κ1) is 12.8. The van der Waals surface area contributed by atoms with Crippen molar-refractivity contribution >= 4 is 21.7 Å². The summed E-state index contributed by atoms with van der Waals surface area (Å²) >= 11 is 3.22. The first-order valence-electron chi connectivity index (χ1n) is 5.29. The van der Waals surface area contributed by atoms with Crippen molar-refractivity contribution in [1.82, 2.24) is 15.0 Å². The van der Waals surface area contributed by atoms with Gasteiger partial charge in [0.25, 0.3) is 0 Å². The highest BCUT2D eigenvalue weighted by Crippen LogP contribution is 2.25. The lowest BCUT2D eigenvalue weighted by Gasteiger charge is -2.08. The van der Waals surface area contributed by atoms with Crippen molar-refractivity contribution in [1.29, 1.82) is 0 Å². The van der Waals surface area contributed by atoms with Crippen molar-refractivity contribution in [3.63, 3.8) is 0 Å². The number of aryl methyl sites for hydroxylation is 2. The summed E-state index contributed by atoms with van der Waals surface area (Å²) < 4.78 is 7.10. The van der Waals surface area contributed by atoms with Crippen LogP contribution in [-0.4, -0.2) is 27.9 Å². The number of ether oxygens (including phenoxy) is 1. The topological polar surface area (TPSA) is 57.0 Å². The van der Waals surface area contributed by atoms with Crippen LogP contribution in [0.3, 0.4) is 0 Å². The van der Waals surface area contributed by atoms with Crippen molar-refractivity contribution in [3.8, 4) is 5.75 Å². The Labute approximate surface area is 113 Å². The smallest absolute Gasteiger partial charge is 0.217 e. The number of ketones is 1. The Kier molecular flexibility index (Phi) is 3.47. The molecule has 0 atom stereocenters. The third-order valence-electron chi connectivity index (χ3n) is 2.60. The number of halogens is 1. The van der Waals surface area contributed by atoms with E-state index < -0.39 is 0 Å². The number of methoxy groups -OCH3 is 1. The molecule has 0 spiro atoms. The largest absolute Gasteiger partial charge is 0.496 e. The van der Waals surface area contributed by atoms with Crippen LogP contribution >= 0.6 is 15.9 Å². The fraction of sp³-hybridized carbons (Fsp3) is 0.250. The number of benzene rings is 1. The van der Waals surface area contributed by atoms with Gasteiger partial charge in [0.15, 0.2) is 4.60 Å². The zero-order valence-electron chi connectivity index (χ0n) is 10.3. The highest BCUT2D eigenvalue weighted by molar-refractivity contribution is 9.10. The van der Waals surface area contributed by atoms with Gasteiger partial charge in [0.2, 0.25) is 5.78 Å². The van der Waals surface area contributed by atoms with Gasteiger partial charge in [0.05, 0.1) is 12.7 Å². The molecule has 0 unspecified atom stereocenters. The van der Waals surface area contributed by atoms with Crippen molar-refractivity contribution < 1.29 is 9.53 Å². The van der Waals surface area contributed by atoms with Gasteiger partial charge in [-0.25, -0.2) is 4.68 Å². The van der Waals surface area contributed by atoms with Crippen molar-refractivity contribution in [2.45, 2.75) is 6.92 Å². The van der Waals surface area contributed by atoms with Crippen LogP contribution in [0.25, 0.3) is 0 Å². The van der Waals surface area contributed by atoms with E-state index >= 15 is 0 Å². The number of carbonyl (C=O) groups is 1. The van der Waals surface area contributed by atoms with E-state index in [-0.39, 0.29) is 5.78 Å². The molecule has 0 radical (unpaired) electrons. The maximum Gasteiger partial charge on any atom is 0.217 e. The van der Waals surface area contributed by atoms with E-state index in [9.17, 15) is 4.79 Å². The van der Waals surface area contributed by atoms with Crippen LogP contribution in [0.15, 0.2) is 22.8 Å². The Morgan fingerprint density at radius 3 is 2.72 bits per heavy atom. The Morgan fingerprint density at radius 2 is 2.17 bits per heavy atom. The highest BCUT2D eigenvalue weighted by Gasteiger charge is 2.21. The quantitative estimate of drug-likeness (QED) is 0.815. The second kappa shape index (κ2) is 4.89. The molecule has 0 saturated heterocycles. The first-order valence-corrected chi connectivity index (χ1v) is 6.08. The average Bonchev–Trinajstić information content (AvgIpc) is 2.68. The van der Waals surface area contributed by atoms with Crippen molar-refractivity contribution in [2.75, 3.05) is 7.11 Å². The summed E-state index contributed by atoms with van der Waals surface area (Å²) in [6.07, 6.45) is 0. The van der Waals surface area contributed by atoms with E-state index in [2.05, 4.69) is 26.2 Å². The minimum absolute atomic E-state index is 0.175. The summed E-state index contributed by atoms with van der Waals surface area (Å²) in [5, 5.41) is 7.60. The summed E-state index contributed by atoms with van der Waals surface area (Å²) in [4.78, 5) is 12.4. The number of nitrogens with zero attached hydrogens (tertiary/aromatic N) is 3. The second-order valence-corrected chi connectivity index (χ2v) is 4.64. The maximum absolute atomic E-state index is 12.4. The van der Waals surface area contributed by atoms with Gasteiger partial charge < -0.3 is 4.74 Å². The molecule has 1 aromatic carbocycles. The van der Waals surface area contributed by atoms with E-state index in [1.807, 2.05) is 19.1 Å². The minimum Gasteiger partial charge on any atom is -0.496 e. The predicted octanol–water partition coefficient (Wildman–Crippen LogP) is 2.13. The van der Waals surface area contributed by atoms with E-state index in [1.54, 1.807) is 20.2 Å². The molecule has 1 aromatic heterocycles. The Balaban J connectivity index is 2.53. The van der Waals surface area contributed by atoms with Gasteiger partial charge in [0, 0.05) is 7.05 Å². The van der Waals surface area contributed by atoms with Crippen molar-refractivity contribution in [3.05, 3.63) is 39.6 Å². The van der Waals surface area contributed by atoms with Gasteiger partial charge in [0.1, 0.15) is 11.4 Å². The number of aromatic nitrogens is 3. The molecule has 6 heteroatoms. The molecule has 0 fully saturated rings. The molecule has 5 nitrogen and oxygen atoms in total. The van der Waals surface area contributed by atoms with Crippen LogP contribution in [0, 0.1) is 6.92 Å². The molecule has 0 amide bonds. The van der Waals surface area contributed by atoms with Gasteiger partial charge in [-0.2, -0.15) is 0 Å². The molecule has 0 N–H and O–H groups in total. The summed E-state index contributed by atoms with van der Waals surface area (Å²) in [6.45, 7) is 1.94.